The minimum atomic E-state index is -0.692. The van der Waals surface area contributed by atoms with E-state index in [1.54, 1.807) is 21.0 Å². The number of rotatable bonds is 5. The van der Waals surface area contributed by atoms with E-state index in [1.807, 2.05) is 25.1 Å². The van der Waals surface area contributed by atoms with Crippen LogP contribution < -0.4 is 10.1 Å². The molecule has 0 radical (unpaired) electrons. The van der Waals surface area contributed by atoms with Gasteiger partial charge in [-0.2, -0.15) is 0 Å². The molecule has 0 saturated heterocycles. The second-order valence-electron chi connectivity index (χ2n) is 4.77. The number of nitrogens with one attached hydrogen (secondary N) is 1. The summed E-state index contributed by atoms with van der Waals surface area (Å²) in [6.45, 7) is 6.20. The second kappa shape index (κ2) is 5.87. The Balaban J connectivity index is 2.69. The van der Waals surface area contributed by atoms with Crippen molar-refractivity contribution in [2.75, 3.05) is 14.2 Å². The van der Waals surface area contributed by atoms with Crippen LogP contribution in [0.15, 0.2) is 18.2 Å². The molecular weight excluding hydrogens is 230 g/mol. The van der Waals surface area contributed by atoms with Gasteiger partial charge in [0.05, 0.1) is 14.2 Å². The third-order valence-corrected chi connectivity index (χ3v) is 2.89. The highest BCUT2D eigenvalue weighted by atomic mass is 16.5. The van der Waals surface area contributed by atoms with Crippen LogP contribution in [0.1, 0.15) is 25.0 Å². The molecule has 0 saturated carbocycles. The summed E-state index contributed by atoms with van der Waals surface area (Å²) in [5.74, 6) is 0.596. The number of benzene rings is 1. The monoisotopic (exact) mass is 251 g/mol. The number of carbonyl (C=O) groups is 1. The summed E-state index contributed by atoms with van der Waals surface area (Å²) in [6, 6.07) is 5.95. The molecule has 18 heavy (non-hydrogen) atoms. The number of carbonyl (C=O) groups excluding carboxylic acids is 1. The minimum absolute atomic E-state index is 0.271. The van der Waals surface area contributed by atoms with Crippen LogP contribution in [0.25, 0.3) is 0 Å². The molecule has 0 fully saturated rings. The van der Waals surface area contributed by atoms with E-state index < -0.39 is 5.54 Å². The van der Waals surface area contributed by atoms with E-state index in [9.17, 15) is 4.79 Å². The molecule has 0 heterocycles. The predicted molar refractivity (Wildman–Crippen MR) is 70.7 cm³/mol. The van der Waals surface area contributed by atoms with Gasteiger partial charge < -0.3 is 9.47 Å². The van der Waals surface area contributed by atoms with Crippen LogP contribution in [0, 0.1) is 6.92 Å². The van der Waals surface area contributed by atoms with Gasteiger partial charge in [0.2, 0.25) is 0 Å². The van der Waals surface area contributed by atoms with Crippen molar-refractivity contribution in [3.63, 3.8) is 0 Å². The first-order valence-corrected chi connectivity index (χ1v) is 5.87. The number of ether oxygens (including phenoxy) is 2. The molecule has 0 aliphatic carbocycles. The van der Waals surface area contributed by atoms with E-state index in [1.165, 1.54) is 7.11 Å². The SMILES string of the molecule is COC(=O)C(C)(C)NCc1ccc(OC)c(C)c1. The fourth-order valence-corrected chi connectivity index (χ4v) is 1.70. The largest absolute Gasteiger partial charge is 0.496 e. The molecule has 4 nitrogen and oxygen atoms in total. The van der Waals surface area contributed by atoms with E-state index in [-0.39, 0.29) is 5.97 Å². The maximum absolute atomic E-state index is 11.5. The van der Waals surface area contributed by atoms with Crippen molar-refractivity contribution < 1.29 is 14.3 Å². The number of hydrogen-bond donors (Lipinski definition) is 1. The zero-order chi connectivity index (χ0) is 13.8. The third-order valence-electron chi connectivity index (χ3n) is 2.89. The van der Waals surface area contributed by atoms with Crippen molar-refractivity contribution in [2.24, 2.45) is 0 Å². The lowest BCUT2D eigenvalue weighted by molar-refractivity contribution is -0.147. The average Bonchev–Trinajstić information content (AvgIpc) is 2.35. The molecule has 1 aromatic carbocycles. The molecule has 1 N–H and O–H groups in total. The number of esters is 1. The molecule has 100 valence electrons. The predicted octanol–water partition coefficient (Wildman–Crippen LogP) is 2.04. The van der Waals surface area contributed by atoms with E-state index in [0.29, 0.717) is 6.54 Å². The molecule has 0 aliphatic rings. The third kappa shape index (κ3) is 3.47. The van der Waals surface area contributed by atoms with Crippen molar-refractivity contribution in [1.29, 1.82) is 0 Å². The molecule has 0 aliphatic heterocycles. The van der Waals surface area contributed by atoms with Gasteiger partial charge in [-0.25, -0.2) is 0 Å². The zero-order valence-electron chi connectivity index (χ0n) is 11.7. The lowest BCUT2D eigenvalue weighted by Crippen LogP contribution is -2.46. The highest BCUT2D eigenvalue weighted by Gasteiger charge is 2.27. The Kier molecular flexibility index (Phi) is 4.73. The molecule has 0 bridgehead atoms. The Morgan fingerprint density at radius 1 is 1.33 bits per heavy atom. The first kappa shape index (κ1) is 14.5. The van der Waals surface area contributed by atoms with Gasteiger partial charge in [-0.05, 0) is 38.0 Å². The van der Waals surface area contributed by atoms with Crippen LogP contribution in [0.4, 0.5) is 0 Å². The highest BCUT2D eigenvalue weighted by molar-refractivity contribution is 5.79. The summed E-state index contributed by atoms with van der Waals surface area (Å²) in [4.78, 5) is 11.5. The first-order chi connectivity index (χ1) is 8.40. The summed E-state index contributed by atoms with van der Waals surface area (Å²) >= 11 is 0. The van der Waals surface area contributed by atoms with Gasteiger partial charge >= 0.3 is 5.97 Å². The number of hydrogen-bond acceptors (Lipinski definition) is 4. The Bertz CT molecular complexity index is 427. The molecular formula is C14H21NO3. The quantitative estimate of drug-likeness (QED) is 0.814. The van der Waals surface area contributed by atoms with Crippen LogP contribution in [0.2, 0.25) is 0 Å². The molecule has 0 amide bonds. The van der Waals surface area contributed by atoms with Crippen molar-refractivity contribution in [3.05, 3.63) is 29.3 Å². The zero-order valence-corrected chi connectivity index (χ0v) is 11.7. The topological polar surface area (TPSA) is 47.6 Å². The minimum Gasteiger partial charge on any atom is -0.496 e. The molecule has 0 spiro atoms. The van der Waals surface area contributed by atoms with Crippen molar-refractivity contribution >= 4 is 5.97 Å². The van der Waals surface area contributed by atoms with Crippen LogP contribution in [-0.2, 0) is 16.1 Å². The first-order valence-electron chi connectivity index (χ1n) is 5.87. The molecule has 1 rings (SSSR count). The van der Waals surface area contributed by atoms with E-state index in [2.05, 4.69) is 5.32 Å². The standard InChI is InChI=1S/C14H21NO3/c1-10-8-11(6-7-12(10)17-4)9-15-14(2,3)13(16)18-5/h6-8,15H,9H2,1-5H3. The van der Waals surface area contributed by atoms with Crippen molar-refractivity contribution in [1.82, 2.24) is 5.32 Å². The number of aryl methyl sites for hydroxylation is 1. The fourth-order valence-electron chi connectivity index (χ4n) is 1.70. The molecule has 4 heteroatoms. The summed E-state index contributed by atoms with van der Waals surface area (Å²) in [5.41, 5.74) is 1.49. The number of methoxy groups -OCH3 is 2. The maximum Gasteiger partial charge on any atom is 0.325 e. The highest BCUT2D eigenvalue weighted by Crippen LogP contribution is 2.18. The Labute approximate surface area is 108 Å². The molecule has 0 aromatic heterocycles. The summed E-state index contributed by atoms with van der Waals surface area (Å²) in [7, 11) is 3.05. The Morgan fingerprint density at radius 3 is 2.50 bits per heavy atom. The van der Waals surface area contributed by atoms with E-state index >= 15 is 0 Å². The molecule has 1 aromatic rings. The molecule has 0 atom stereocenters. The van der Waals surface area contributed by atoms with Crippen molar-refractivity contribution in [3.8, 4) is 5.75 Å². The fraction of sp³-hybridized carbons (Fsp3) is 0.500. The van der Waals surface area contributed by atoms with Gasteiger partial charge in [-0.15, -0.1) is 0 Å². The summed E-state index contributed by atoms with van der Waals surface area (Å²) < 4.78 is 9.95. The van der Waals surface area contributed by atoms with Gasteiger partial charge in [-0.1, -0.05) is 12.1 Å². The summed E-state index contributed by atoms with van der Waals surface area (Å²) in [5, 5.41) is 3.18. The lowest BCUT2D eigenvalue weighted by Gasteiger charge is -2.23. The smallest absolute Gasteiger partial charge is 0.325 e. The van der Waals surface area contributed by atoms with Crippen LogP contribution in [0.3, 0.4) is 0 Å². The van der Waals surface area contributed by atoms with Gasteiger partial charge in [0.25, 0.3) is 0 Å². The van der Waals surface area contributed by atoms with Crippen LogP contribution in [0.5, 0.6) is 5.75 Å². The van der Waals surface area contributed by atoms with E-state index in [0.717, 1.165) is 16.9 Å². The van der Waals surface area contributed by atoms with Gasteiger partial charge in [0, 0.05) is 6.54 Å². The van der Waals surface area contributed by atoms with Crippen molar-refractivity contribution in [2.45, 2.75) is 32.9 Å². The van der Waals surface area contributed by atoms with Gasteiger partial charge in [0.1, 0.15) is 11.3 Å². The average molecular weight is 251 g/mol. The second-order valence-corrected chi connectivity index (χ2v) is 4.77. The van der Waals surface area contributed by atoms with Gasteiger partial charge in [-0.3, -0.25) is 10.1 Å². The van der Waals surface area contributed by atoms with E-state index in [4.69, 9.17) is 9.47 Å². The lowest BCUT2D eigenvalue weighted by atomic mass is 10.0. The summed E-state index contributed by atoms with van der Waals surface area (Å²) in [6.07, 6.45) is 0. The van der Waals surface area contributed by atoms with Crippen LogP contribution >= 0.6 is 0 Å². The van der Waals surface area contributed by atoms with Crippen LogP contribution in [-0.4, -0.2) is 25.7 Å². The Morgan fingerprint density at radius 2 is 2.00 bits per heavy atom. The maximum atomic E-state index is 11.5. The Hall–Kier alpha value is -1.55. The molecule has 0 unspecified atom stereocenters. The van der Waals surface area contributed by atoms with Gasteiger partial charge in [0.15, 0.2) is 0 Å². The normalized spacial score (nSPS) is 11.2.